The van der Waals surface area contributed by atoms with E-state index in [1.807, 2.05) is 0 Å². The van der Waals surface area contributed by atoms with Crippen molar-refractivity contribution in [1.82, 2.24) is 0 Å². The van der Waals surface area contributed by atoms with Gasteiger partial charge in [0.2, 0.25) is 0 Å². The second-order valence-corrected chi connectivity index (χ2v) is 7.28. The topological polar surface area (TPSA) is 21.3 Å². The van der Waals surface area contributed by atoms with Gasteiger partial charge in [-0.25, -0.2) is 0 Å². The van der Waals surface area contributed by atoms with Gasteiger partial charge in [0.25, 0.3) is 0 Å². The van der Waals surface area contributed by atoms with E-state index in [1.165, 1.54) is 56.2 Å². The minimum Gasteiger partial charge on any atom is -0.382 e. The van der Waals surface area contributed by atoms with E-state index >= 15 is 0 Å². The number of ether oxygens (including phenoxy) is 1. The highest BCUT2D eigenvalue weighted by atomic mass is 79.9. The monoisotopic (exact) mass is 337 g/mol. The molecule has 0 radical (unpaired) electrons. The molecule has 1 unspecified atom stereocenters. The summed E-state index contributed by atoms with van der Waals surface area (Å²) in [5.41, 5.74) is 2.74. The molecule has 1 aromatic carbocycles. The van der Waals surface area contributed by atoms with Gasteiger partial charge in [-0.2, -0.15) is 0 Å². The molecular weight excluding hydrogens is 314 g/mol. The number of hydrogen-bond donors (Lipinski definition) is 1. The van der Waals surface area contributed by atoms with Crippen LogP contribution in [0.15, 0.2) is 22.7 Å². The fraction of sp³-hybridized carbons (Fsp3) is 0.647. The lowest BCUT2D eigenvalue weighted by atomic mass is 9.83. The molecule has 1 saturated carbocycles. The summed E-state index contributed by atoms with van der Waals surface area (Å²) in [5.74, 6) is 0. The zero-order chi connectivity index (χ0) is 14.0. The third kappa shape index (κ3) is 3.20. The van der Waals surface area contributed by atoms with E-state index in [1.54, 1.807) is 0 Å². The predicted octanol–water partition coefficient (Wildman–Crippen LogP) is 5.05. The Morgan fingerprint density at radius 1 is 1.25 bits per heavy atom. The highest BCUT2D eigenvalue weighted by molar-refractivity contribution is 9.10. The Bertz CT molecular complexity index is 468. The van der Waals surface area contributed by atoms with Crippen molar-refractivity contribution in [1.29, 1.82) is 0 Å². The van der Waals surface area contributed by atoms with Crippen LogP contribution in [-0.2, 0) is 4.74 Å². The molecule has 1 saturated heterocycles. The molecule has 2 fully saturated rings. The molecule has 1 spiro atoms. The third-order valence-corrected chi connectivity index (χ3v) is 5.32. The van der Waals surface area contributed by atoms with E-state index in [9.17, 15) is 0 Å². The first-order valence-corrected chi connectivity index (χ1v) is 8.64. The average molecular weight is 338 g/mol. The van der Waals surface area contributed by atoms with Crippen molar-refractivity contribution >= 4 is 21.6 Å². The van der Waals surface area contributed by atoms with E-state index in [0.29, 0.717) is 6.10 Å². The Balaban J connectivity index is 1.56. The van der Waals surface area contributed by atoms with Crippen molar-refractivity contribution in [2.45, 2.75) is 63.6 Å². The van der Waals surface area contributed by atoms with E-state index in [-0.39, 0.29) is 5.60 Å². The normalized spacial score (nSPS) is 25.0. The van der Waals surface area contributed by atoms with Gasteiger partial charge in [0.05, 0.1) is 11.7 Å². The molecule has 1 heterocycles. The third-order valence-electron chi connectivity index (χ3n) is 4.82. The van der Waals surface area contributed by atoms with Crippen LogP contribution in [0.4, 0.5) is 5.69 Å². The number of benzene rings is 1. The zero-order valence-corrected chi connectivity index (χ0v) is 13.8. The number of halogens is 1. The first kappa shape index (κ1) is 14.4. The summed E-state index contributed by atoms with van der Waals surface area (Å²) in [6.45, 7) is 3.08. The second kappa shape index (κ2) is 6.07. The van der Waals surface area contributed by atoms with Gasteiger partial charge in [-0.05, 0) is 50.3 Å². The maximum atomic E-state index is 6.41. The largest absolute Gasteiger partial charge is 0.382 e. The van der Waals surface area contributed by atoms with Crippen LogP contribution < -0.4 is 5.32 Å². The lowest BCUT2D eigenvalue weighted by Gasteiger charge is -2.33. The summed E-state index contributed by atoms with van der Waals surface area (Å²) in [6, 6.07) is 6.38. The average Bonchev–Trinajstić information content (AvgIpc) is 2.84. The molecule has 0 amide bonds. The molecular formula is C17H24BrNO. The molecule has 1 aliphatic heterocycles. The van der Waals surface area contributed by atoms with Crippen molar-refractivity contribution < 1.29 is 4.74 Å². The van der Waals surface area contributed by atoms with E-state index in [4.69, 9.17) is 4.74 Å². The summed E-state index contributed by atoms with van der Waals surface area (Å²) in [7, 11) is 0. The minimum atomic E-state index is 0.233. The SMILES string of the molecule is Cc1ccc(Br)cc1NCC1CCC2(CCCCC2)O1. The van der Waals surface area contributed by atoms with Crippen molar-refractivity contribution in [3.63, 3.8) is 0 Å². The molecule has 1 aromatic rings. The lowest BCUT2D eigenvalue weighted by molar-refractivity contribution is -0.0588. The van der Waals surface area contributed by atoms with Crippen molar-refractivity contribution in [3.05, 3.63) is 28.2 Å². The summed E-state index contributed by atoms with van der Waals surface area (Å²) >= 11 is 3.54. The predicted molar refractivity (Wildman–Crippen MR) is 87.3 cm³/mol. The zero-order valence-electron chi connectivity index (χ0n) is 12.3. The fourth-order valence-electron chi connectivity index (χ4n) is 3.61. The molecule has 3 heteroatoms. The Morgan fingerprint density at radius 3 is 2.85 bits per heavy atom. The first-order valence-electron chi connectivity index (χ1n) is 7.85. The highest BCUT2D eigenvalue weighted by Crippen LogP contribution is 2.41. The molecule has 110 valence electrons. The molecule has 1 N–H and O–H groups in total. The van der Waals surface area contributed by atoms with Crippen LogP contribution in [0, 0.1) is 6.92 Å². The maximum Gasteiger partial charge on any atom is 0.0756 e. The minimum absolute atomic E-state index is 0.233. The van der Waals surface area contributed by atoms with Gasteiger partial charge in [0.1, 0.15) is 0 Å². The Kier molecular flexibility index (Phi) is 4.37. The van der Waals surface area contributed by atoms with Crippen molar-refractivity contribution in [2.75, 3.05) is 11.9 Å². The Labute approximate surface area is 130 Å². The summed E-state index contributed by atoms with van der Waals surface area (Å²) in [6.07, 6.45) is 9.50. The van der Waals surface area contributed by atoms with Crippen molar-refractivity contribution in [3.8, 4) is 0 Å². The summed E-state index contributed by atoms with van der Waals surface area (Å²) in [4.78, 5) is 0. The molecule has 2 nitrogen and oxygen atoms in total. The van der Waals surface area contributed by atoms with E-state index in [2.05, 4.69) is 46.4 Å². The molecule has 2 aliphatic rings. The maximum absolute atomic E-state index is 6.41. The molecule has 3 rings (SSSR count). The lowest BCUT2D eigenvalue weighted by Crippen LogP contribution is -2.33. The quantitative estimate of drug-likeness (QED) is 0.833. The van der Waals surface area contributed by atoms with Crippen LogP contribution in [0.2, 0.25) is 0 Å². The molecule has 1 atom stereocenters. The van der Waals surface area contributed by atoms with E-state index < -0.39 is 0 Å². The van der Waals surface area contributed by atoms with E-state index in [0.717, 1.165) is 11.0 Å². The van der Waals surface area contributed by atoms with Gasteiger partial charge in [0, 0.05) is 16.7 Å². The van der Waals surface area contributed by atoms with Crippen LogP contribution in [0.1, 0.15) is 50.5 Å². The van der Waals surface area contributed by atoms with Crippen LogP contribution in [-0.4, -0.2) is 18.2 Å². The van der Waals surface area contributed by atoms with Crippen molar-refractivity contribution in [2.24, 2.45) is 0 Å². The van der Waals surface area contributed by atoms with Crippen LogP contribution in [0.5, 0.6) is 0 Å². The van der Waals surface area contributed by atoms with Crippen LogP contribution >= 0.6 is 15.9 Å². The molecule has 0 aromatic heterocycles. The van der Waals surface area contributed by atoms with Crippen LogP contribution in [0.25, 0.3) is 0 Å². The standard InChI is InChI=1S/C17H24BrNO/c1-13-5-6-14(18)11-16(13)19-12-15-7-10-17(20-15)8-3-2-4-9-17/h5-6,11,15,19H,2-4,7-10,12H2,1H3. The first-order chi connectivity index (χ1) is 9.67. The fourth-order valence-corrected chi connectivity index (χ4v) is 3.97. The molecule has 1 aliphatic carbocycles. The van der Waals surface area contributed by atoms with Gasteiger partial charge in [-0.1, -0.05) is 41.3 Å². The van der Waals surface area contributed by atoms with Gasteiger partial charge in [0.15, 0.2) is 0 Å². The number of hydrogen-bond acceptors (Lipinski definition) is 2. The number of rotatable bonds is 3. The second-order valence-electron chi connectivity index (χ2n) is 6.36. The van der Waals surface area contributed by atoms with Gasteiger partial charge in [-0.3, -0.25) is 0 Å². The smallest absolute Gasteiger partial charge is 0.0756 e. The number of anilines is 1. The molecule has 20 heavy (non-hydrogen) atoms. The Hall–Kier alpha value is -0.540. The molecule has 0 bridgehead atoms. The highest BCUT2D eigenvalue weighted by Gasteiger charge is 2.40. The van der Waals surface area contributed by atoms with Gasteiger partial charge in [-0.15, -0.1) is 0 Å². The summed E-state index contributed by atoms with van der Waals surface area (Å²) in [5, 5.41) is 3.56. The van der Waals surface area contributed by atoms with Gasteiger partial charge >= 0.3 is 0 Å². The van der Waals surface area contributed by atoms with Crippen LogP contribution in [0.3, 0.4) is 0 Å². The summed E-state index contributed by atoms with van der Waals surface area (Å²) < 4.78 is 7.53. The van der Waals surface area contributed by atoms with Gasteiger partial charge < -0.3 is 10.1 Å². The number of nitrogens with one attached hydrogen (secondary N) is 1. The Morgan fingerprint density at radius 2 is 2.05 bits per heavy atom. The number of aryl methyl sites for hydroxylation is 1.